The Labute approximate surface area is 108 Å². The van der Waals surface area contributed by atoms with Crippen molar-refractivity contribution in [2.75, 3.05) is 50.2 Å². The summed E-state index contributed by atoms with van der Waals surface area (Å²) >= 11 is 0. The van der Waals surface area contributed by atoms with E-state index in [2.05, 4.69) is 22.3 Å². The first-order valence-electron chi connectivity index (χ1n) is 6.66. The van der Waals surface area contributed by atoms with Crippen molar-refractivity contribution in [2.24, 2.45) is 0 Å². The molecule has 0 radical (unpaired) electrons. The number of methoxy groups -OCH3 is 1. The van der Waals surface area contributed by atoms with Gasteiger partial charge in [0.1, 0.15) is 5.75 Å². The fourth-order valence-corrected chi connectivity index (χ4v) is 2.72. The molecular weight excluding hydrogens is 228 g/mol. The van der Waals surface area contributed by atoms with Gasteiger partial charge in [0.25, 0.3) is 0 Å². The van der Waals surface area contributed by atoms with Gasteiger partial charge in [-0.2, -0.15) is 0 Å². The maximum Gasteiger partial charge on any atom is 0.126 e. The minimum atomic E-state index is 0.812. The van der Waals surface area contributed by atoms with Crippen molar-refractivity contribution in [1.29, 1.82) is 0 Å². The number of nitrogens with one attached hydrogen (secondary N) is 1. The Morgan fingerprint density at radius 3 is 2.89 bits per heavy atom. The second-order valence-corrected chi connectivity index (χ2v) is 4.80. The van der Waals surface area contributed by atoms with Gasteiger partial charge < -0.3 is 19.7 Å². The molecule has 1 aromatic carbocycles. The van der Waals surface area contributed by atoms with Crippen LogP contribution in [0.15, 0.2) is 12.1 Å². The maximum atomic E-state index is 5.55. The van der Waals surface area contributed by atoms with Gasteiger partial charge in [0.2, 0.25) is 0 Å². The van der Waals surface area contributed by atoms with E-state index in [4.69, 9.17) is 9.47 Å². The lowest BCUT2D eigenvalue weighted by Crippen LogP contribution is -2.36. The zero-order valence-electron chi connectivity index (χ0n) is 10.9. The van der Waals surface area contributed by atoms with E-state index in [-0.39, 0.29) is 0 Å². The second kappa shape index (κ2) is 5.06. The van der Waals surface area contributed by atoms with E-state index in [0.29, 0.717) is 0 Å². The molecule has 0 saturated carbocycles. The molecule has 2 aliphatic rings. The van der Waals surface area contributed by atoms with Crippen molar-refractivity contribution < 1.29 is 9.47 Å². The molecule has 0 aliphatic carbocycles. The van der Waals surface area contributed by atoms with Crippen molar-refractivity contribution in [1.82, 2.24) is 0 Å². The van der Waals surface area contributed by atoms with E-state index in [1.807, 2.05) is 0 Å². The van der Waals surface area contributed by atoms with Gasteiger partial charge in [0, 0.05) is 42.6 Å². The standard InChI is InChI=1S/C14H20N2O2/c1-17-14-10-11(16-5-7-18-8-6-16)9-13-12(14)3-2-4-15-13/h9-10,15H,2-8H2,1H3. The molecule has 0 amide bonds. The van der Waals surface area contributed by atoms with E-state index in [1.165, 1.54) is 23.4 Å². The summed E-state index contributed by atoms with van der Waals surface area (Å²) < 4.78 is 10.9. The molecule has 0 spiro atoms. The number of ether oxygens (including phenoxy) is 2. The van der Waals surface area contributed by atoms with Gasteiger partial charge in [0.15, 0.2) is 0 Å². The van der Waals surface area contributed by atoms with Crippen molar-refractivity contribution in [2.45, 2.75) is 12.8 Å². The quantitative estimate of drug-likeness (QED) is 0.866. The Bertz CT molecular complexity index is 411. The molecule has 2 aliphatic heterocycles. The summed E-state index contributed by atoms with van der Waals surface area (Å²) in [6.45, 7) is 4.60. The predicted molar refractivity (Wildman–Crippen MR) is 72.8 cm³/mol. The Kier molecular flexibility index (Phi) is 3.28. The molecule has 3 rings (SSSR count). The van der Waals surface area contributed by atoms with Crippen LogP contribution in [-0.4, -0.2) is 40.0 Å². The Balaban J connectivity index is 1.94. The van der Waals surface area contributed by atoms with Crippen molar-refractivity contribution in [3.8, 4) is 5.75 Å². The molecule has 98 valence electrons. The fraction of sp³-hybridized carbons (Fsp3) is 0.571. The van der Waals surface area contributed by atoms with Gasteiger partial charge in [-0.15, -0.1) is 0 Å². The maximum absolute atomic E-state index is 5.55. The Hall–Kier alpha value is -1.42. The van der Waals surface area contributed by atoms with E-state index in [1.54, 1.807) is 7.11 Å². The lowest BCUT2D eigenvalue weighted by Gasteiger charge is -2.31. The molecule has 18 heavy (non-hydrogen) atoms. The van der Waals surface area contributed by atoms with Crippen LogP contribution in [0.25, 0.3) is 0 Å². The third-order valence-corrected chi connectivity index (χ3v) is 3.71. The van der Waals surface area contributed by atoms with Crippen LogP contribution in [-0.2, 0) is 11.2 Å². The van der Waals surface area contributed by atoms with Gasteiger partial charge in [-0.3, -0.25) is 0 Å². The average Bonchev–Trinajstić information content (AvgIpc) is 2.47. The first-order chi connectivity index (χ1) is 8.88. The first kappa shape index (κ1) is 11.7. The lowest BCUT2D eigenvalue weighted by molar-refractivity contribution is 0.122. The molecule has 1 N–H and O–H groups in total. The molecule has 0 unspecified atom stereocenters. The lowest BCUT2D eigenvalue weighted by atomic mass is 10.0. The average molecular weight is 248 g/mol. The summed E-state index contributed by atoms with van der Waals surface area (Å²) in [4.78, 5) is 2.36. The highest BCUT2D eigenvalue weighted by Crippen LogP contribution is 2.35. The molecule has 4 nitrogen and oxygen atoms in total. The minimum Gasteiger partial charge on any atom is -0.496 e. The number of hydrogen-bond donors (Lipinski definition) is 1. The molecule has 4 heteroatoms. The van der Waals surface area contributed by atoms with E-state index in [9.17, 15) is 0 Å². The number of fused-ring (bicyclic) bond motifs is 1. The molecular formula is C14H20N2O2. The molecule has 1 fully saturated rings. The number of morpholine rings is 1. The topological polar surface area (TPSA) is 33.7 Å². The van der Waals surface area contributed by atoms with Crippen molar-refractivity contribution in [3.63, 3.8) is 0 Å². The summed E-state index contributed by atoms with van der Waals surface area (Å²) in [6, 6.07) is 4.42. The number of rotatable bonds is 2. The van der Waals surface area contributed by atoms with E-state index < -0.39 is 0 Å². The molecule has 1 saturated heterocycles. The van der Waals surface area contributed by atoms with Gasteiger partial charge >= 0.3 is 0 Å². The van der Waals surface area contributed by atoms with Gasteiger partial charge in [-0.25, -0.2) is 0 Å². The highest BCUT2D eigenvalue weighted by molar-refractivity contribution is 5.68. The smallest absolute Gasteiger partial charge is 0.126 e. The summed E-state index contributed by atoms with van der Waals surface area (Å²) in [6.07, 6.45) is 2.29. The van der Waals surface area contributed by atoms with E-state index in [0.717, 1.165) is 45.0 Å². The monoisotopic (exact) mass is 248 g/mol. The summed E-state index contributed by atoms with van der Waals surface area (Å²) in [5.41, 5.74) is 3.80. The van der Waals surface area contributed by atoms with Crippen LogP contribution < -0.4 is 15.0 Å². The summed E-state index contributed by atoms with van der Waals surface area (Å²) in [7, 11) is 1.76. The first-order valence-corrected chi connectivity index (χ1v) is 6.66. The Morgan fingerprint density at radius 1 is 1.28 bits per heavy atom. The SMILES string of the molecule is COc1cc(N2CCOCC2)cc2c1CCCN2. The van der Waals surface area contributed by atoms with Crippen LogP contribution in [0.4, 0.5) is 11.4 Å². The van der Waals surface area contributed by atoms with Crippen LogP contribution in [0.3, 0.4) is 0 Å². The highest BCUT2D eigenvalue weighted by Gasteiger charge is 2.18. The van der Waals surface area contributed by atoms with Crippen LogP contribution in [0.2, 0.25) is 0 Å². The normalized spacial score (nSPS) is 19.1. The summed E-state index contributed by atoms with van der Waals surface area (Å²) in [5, 5.41) is 3.48. The van der Waals surface area contributed by atoms with Crippen LogP contribution in [0.5, 0.6) is 5.75 Å². The third kappa shape index (κ3) is 2.12. The van der Waals surface area contributed by atoms with Gasteiger partial charge in [0.05, 0.1) is 20.3 Å². The predicted octanol–water partition coefficient (Wildman–Crippen LogP) is 1.89. The molecule has 1 aromatic rings. The zero-order valence-corrected chi connectivity index (χ0v) is 10.9. The third-order valence-electron chi connectivity index (χ3n) is 3.71. The fourth-order valence-electron chi connectivity index (χ4n) is 2.72. The van der Waals surface area contributed by atoms with Crippen LogP contribution in [0, 0.1) is 0 Å². The van der Waals surface area contributed by atoms with Gasteiger partial charge in [-0.05, 0) is 18.9 Å². The molecule has 0 atom stereocenters. The van der Waals surface area contributed by atoms with Crippen molar-refractivity contribution in [3.05, 3.63) is 17.7 Å². The molecule has 0 aromatic heterocycles. The van der Waals surface area contributed by atoms with Gasteiger partial charge in [-0.1, -0.05) is 0 Å². The summed E-state index contributed by atoms with van der Waals surface area (Å²) in [5.74, 6) is 1.01. The molecule has 0 bridgehead atoms. The number of anilines is 2. The molecule has 2 heterocycles. The number of hydrogen-bond acceptors (Lipinski definition) is 4. The highest BCUT2D eigenvalue weighted by atomic mass is 16.5. The largest absolute Gasteiger partial charge is 0.496 e. The number of nitrogens with zero attached hydrogens (tertiary/aromatic N) is 1. The van der Waals surface area contributed by atoms with Crippen LogP contribution in [0.1, 0.15) is 12.0 Å². The Morgan fingerprint density at radius 2 is 2.11 bits per heavy atom. The van der Waals surface area contributed by atoms with Crippen molar-refractivity contribution >= 4 is 11.4 Å². The van der Waals surface area contributed by atoms with E-state index >= 15 is 0 Å². The second-order valence-electron chi connectivity index (χ2n) is 4.80. The zero-order chi connectivity index (χ0) is 12.4. The minimum absolute atomic E-state index is 0.812. The van der Waals surface area contributed by atoms with Crippen LogP contribution >= 0.6 is 0 Å². The number of benzene rings is 1.